The molecule has 0 aliphatic carbocycles. The number of ether oxygens (including phenoxy) is 1. The Morgan fingerprint density at radius 2 is 1.89 bits per heavy atom. The predicted octanol–water partition coefficient (Wildman–Crippen LogP) is 2.61. The molecule has 0 bridgehead atoms. The Labute approximate surface area is 114 Å². The standard InChI is InChI=1S/C14H19N3O2/c1-10(12(7-15)8-16)11-5-6-17(9-11)13(18)19-14(2,3)4/h11H,5-6,9H2,1-4H3. The third-order valence-electron chi connectivity index (χ3n) is 3.07. The predicted molar refractivity (Wildman–Crippen MR) is 69.8 cm³/mol. The number of carbonyl (C=O) groups excluding carboxylic acids is 1. The summed E-state index contributed by atoms with van der Waals surface area (Å²) in [5.74, 6) is 0.0711. The average Bonchev–Trinajstić information content (AvgIpc) is 2.77. The lowest BCUT2D eigenvalue weighted by Crippen LogP contribution is -2.35. The second kappa shape index (κ2) is 5.75. The summed E-state index contributed by atoms with van der Waals surface area (Å²) in [5.41, 5.74) is 0.400. The van der Waals surface area contributed by atoms with Gasteiger partial charge in [-0.3, -0.25) is 0 Å². The lowest BCUT2D eigenvalue weighted by Gasteiger charge is -2.24. The maximum absolute atomic E-state index is 11.9. The van der Waals surface area contributed by atoms with Gasteiger partial charge in [-0.05, 0) is 39.7 Å². The molecule has 0 aromatic rings. The zero-order valence-corrected chi connectivity index (χ0v) is 11.9. The number of likely N-dealkylation sites (tertiary alicyclic amines) is 1. The van der Waals surface area contributed by atoms with Crippen LogP contribution in [-0.4, -0.2) is 29.7 Å². The van der Waals surface area contributed by atoms with Crippen LogP contribution in [-0.2, 0) is 4.74 Å². The molecule has 1 heterocycles. The van der Waals surface area contributed by atoms with Crippen LogP contribution in [0.4, 0.5) is 4.79 Å². The van der Waals surface area contributed by atoms with Crippen LogP contribution in [0, 0.1) is 28.6 Å². The Hall–Kier alpha value is -2.01. The molecule has 5 heteroatoms. The molecule has 1 aliphatic heterocycles. The van der Waals surface area contributed by atoms with Crippen molar-refractivity contribution < 1.29 is 9.53 Å². The van der Waals surface area contributed by atoms with E-state index in [2.05, 4.69) is 0 Å². The molecule has 0 N–H and O–H groups in total. The quantitative estimate of drug-likeness (QED) is 0.680. The van der Waals surface area contributed by atoms with Crippen molar-refractivity contribution in [2.75, 3.05) is 13.1 Å². The summed E-state index contributed by atoms with van der Waals surface area (Å²) in [5, 5.41) is 17.7. The summed E-state index contributed by atoms with van der Waals surface area (Å²) in [6.07, 6.45) is 0.427. The fourth-order valence-electron chi connectivity index (χ4n) is 2.01. The molecule has 0 saturated carbocycles. The summed E-state index contributed by atoms with van der Waals surface area (Å²) >= 11 is 0. The summed E-state index contributed by atoms with van der Waals surface area (Å²) in [6.45, 7) is 8.37. The van der Waals surface area contributed by atoms with E-state index in [0.29, 0.717) is 13.1 Å². The fourth-order valence-corrected chi connectivity index (χ4v) is 2.01. The Morgan fingerprint density at radius 3 is 2.37 bits per heavy atom. The molecule has 1 rings (SSSR count). The number of nitrogens with zero attached hydrogens (tertiary/aromatic N) is 3. The van der Waals surface area contributed by atoms with Crippen LogP contribution in [0.1, 0.15) is 34.1 Å². The molecule has 102 valence electrons. The molecule has 0 aromatic heterocycles. The van der Waals surface area contributed by atoms with E-state index >= 15 is 0 Å². The van der Waals surface area contributed by atoms with E-state index in [4.69, 9.17) is 15.3 Å². The Bertz CT molecular complexity index is 458. The molecule has 0 spiro atoms. The maximum Gasteiger partial charge on any atom is 0.410 e. The molecular weight excluding hydrogens is 242 g/mol. The van der Waals surface area contributed by atoms with Crippen molar-refractivity contribution in [1.82, 2.24) is 4.90 Å². The van der Waals surface area contributed by atoms with Gasteiger partial charge in [-0.1, -0.05) is 0 Å². The van der Waals surface area contributed by atoms with E-state index < -0.39 is 5.60 Å². The molecule has 5 nitrogen and oxygen atoms in total. The van der Waals surface area contributed by atoms with Crippen molar-refractivity contribution >= 4 is 6.09 Å². The lowest BCUT2D eigenvalue weighted by molar-refractivity contribution is 0.0290. The molecule has 1 unspecified atom stereocenters. The van der Waals surface area contributed by atoms with Crippen LogP contribution in [0.3, 0.4) is 0 Å². The first-order valence-corrected chi connectivity index (χ1v) is 6.27. The molecule has 1 amide bonds. The van der Waals surface area contributed by atoms with Gasteiger partial charge in [0.25, 0.3) is 0 Å². The van der Waals surface area contributed by atoms with Gasteiger partial charge in [-0.25, -0.2) is 4.79 Å². The fraction of sp³-hybridized carbons (Fsp3) is 0.643. The van der Waals surface area contributed by atoms with Gasteiger partial charge in [0.2, 0.25) is 0 Å². The molecule has 0 aromatic carbocycles. The normalized spacial score (nSPS) is 18.4. The first kappa shape index (κ1) is 15.0. The number of amides is 1. The van der Waals surface area contributed by atoms with E-state index in [1.807, 2.05) is 32.9 Å². The largest absolute Gasteiger partial charge is 0.444 e. The molecule has 1 atom stereocenters. The highest BCUT2D eigenvalue weighted by Crippen LogP contribution is 2.26. The van der Waals surface area contributed by atoms with E-state index in [-0.39, 0.29) is 17.6 Å². The topological polar surface area (TPSA) is 77.1 Å². The third kappa shape index (κ3) is 3.99. The van der Waals surface area contributed by atoms with Crippen molar-refractivity contribution in [1.29, 1.82) is 10.5 Å². The number of rotatable bonds is 1. The number of hydrogen-bond donors (Lipinski definition) is 0. The van der Waals surface area contributed by atoms with Crippen LogP contribution < -0.4 is 0 Å². The molecule has 19 heavy (non-hydrogen) atoms. The van der Waals surface area contributed by atoms with Gasteiger partial charge < -0.3 is 9.64 Å². The van der Waals surface area contributed by atoms with Gasteiger partial charge in [-0.2, -0.15) is 10.5 Å². The van der Waals surface area contributed by atoms with Crippen LogP contribution in [0.15, 0.2) is 11.1 Å². The summed E-state index contributed by atoms with van der Waals surface area (Å²) in [4.78, 5) is 13.5. The first-order valence-electron chi connectivity index (χ1n) is 6.27. The van der Waals surface area contributed by atoms with E-state index in [1.165, 1.54) is 0 Å². The van der Waals surface area contributed by atoms with Crippen molar-refractivity contribution in [3.8, 4) is 12.1 Å². The highest BCUT2D eigenvalue weighted by molar-refractivity contribution is 5.68. The number of nitriles is 2. The van der Waals surface area contributed by atoms with Gasteiger partial charge in [0.15, 0.2) is 0 Å². The summed E-state index contributed by atoms with van der Waals surface area (Å²) < 4.78 is 5.30. The minimum absolute atomic E-state index is 0.0711. The number of hydrogen-bond acceptors (Lipinski definition) is 4. The highest BCUT2D eigenvalue weighted by Gasteiger charge is 2.31. The van der Waals surface area contributed by atoms with E-state index in [9.17, 15) is 4.79 Å². The van der Waals surface area contributed by atoms with Crippen molar-refractivity contribution in [3.63, 3.8) is 0 Å². The summed E-state index contributed by atoms with van der Waals surface area (Å²) in [6, 6.07) is 3.79. The van der Waals surface area contributed by atoms with Crippen molar-refractivity contribution in [2.24, 2.45) is 5.92 Å². The van der Waals surface area contributed by atoms with Crippen molar-refractivity contribution in [3.05, 3.63) is 11.1 Å². The van der Waals surface area contributed by atoms with Gasteiger partial charge in [0, 0.05) is 19.0 Å². The van der Waals surface area contributed by atoms with E-state index in [1.54, 1.807) is 11.8 Å². The number of allylic oxidation sites excluding steroid dienone is 1. The molecule has 0 radical (unpaired) electrons. The average molecular weight is 261 g/mol. The molecule has 1 fully saturated rings. The smallest absolute Gasteiger partial charge is 0.410 e. The Balaban J connectivity index is 2.70. The zero-order valence-electron chi connectivity index (χ0n) is 11.9. The van der Waals surface area contributed by atoms with Gasteiger partial charge in [-0.15, -0.1) is 0 Å². The van der Waals surface area contributed by atoms with Crippen molar-refractivity contribution in [2.45, 2.75) is 39.7 Å². The lowest BCUT2D eigenvalue weighted by atomic mass is 9.96. The van der Waals surface area contributed by atoms with Gasteiger partial charge in [0.05, 0.1) is 0 Å². The Kier molecular flexibility index (Phi) is 4.56. The maximum atomic E-state index is 11.9. The Morgan fingerprint density at radius 1 is 1.32 bits per heavy atom. The van der Waals surface area contributed by atoms with Crippen LogP contribution in [0.2, 0.25) is 0 Å². The second-order valence-electron chi connectivity index (χ2n) is 5.69. The SMILES string of the molecule is CC(=C(C#N)C#N)C1CCN(C(=O)OC(C)(C)C)C1. The minimum atomic E-state index is -0.509. The summed E-state index contributed by atoms with van der Waals surface area (Å²) in [7, 11) is 0. The first-order chi connectivity index (χ1) is 8.78. The third-order valence-corrected chi connectivity index (χ3v) is 3.07. The number of carbonyl (C=O) groups is 1. The van der Waals surface area contributed by atoms with Gasteiger partial charge >= 0.3 is 6.09 Å². The van der Waals surface area contributed by atoms with Crippen LogP contribution in [0.5, 0.6) is 0 Å². The van der Waals surface area contributed by atoms with E-state index in [0.717, 1.165) is 12.0 Å². The van der Waals surface area contributed by atoms with Crippen LogP contribution >= 0.6 is 0 Å². The zero-order chi connectivity index (χ0) is 14.6. The highest BCUT2D eigenvalue weighted by atomic mass is 16.6. The molecule has 1 aliphatic rings. The monoisotopic (exact) mass is 261 g/mol. The molecular formula is C14H19N3O2. The van der Waals surface area contributed by atoms with Crippen LogP contribution in [0.25, 0.3) is 0 Å². The minimum Gasteiger partial charge on any atom is -0.444 e. The second-order valence-corrected chi connectivity index (χ2v) is 5.69. The van der Waals surface area contributed by atoms with Gasteiger partial charge in [0.1, 0.15) is 23.3 Å². The molecule has 1 saturated heterocycles.